The summed E-state index contributed by atoms with van der Waals surface area (Å²) in [6, 6.07) is 0. The average molecular weight is 172 g/mol. The van der Waals surface area contributed by atoms with Crippen molar-refractivity contribution in [3.05, 3.63) is 0 Å². The number of nitrogens with two attached hydrogens (primary N) is 1. The third kappa shape index (κ3) is 2.17. The maximum atomic E-state index is 5.49. The minimum Gasteiger partial charge on any atom is -0.306 e. The van der Waals surface area contributed by atoms with E-state index in [1.54, 1.807) is 0 Å². The summed E-state index contributed by atoms with van der Waals surface area (Å²) in [5, 5.41) is 0. The first-order chi connectivity index (χ1) is 5.65. The molecule has 1 rings (SSSR count). The second-order valence-corrected chi connectivity index (χ2v) is 3.89. The summed E-state index contributed by atoms with van der Waals surface area (Å²) in [7, 11) is 6.27. The molecule has 1 fully saturated rings. The lowest BCUT2D eigenvalue weighted by atomic mass is 10.1. The van der Waals surface area contributed by atoms with Crippen LogP contribution in [-0.4, -0.2) is 50.2 Å². The predicted octanol–water partition coefficient (Wildman–Crippen LogP) is -0.711. The quantitative estimate of drug-likeness (QED) is 0.335. The Balaban J connectivity index is 2.44. The highest BCUT2D eigenvalue weighted by molar-refractivity contribution is 4.80. The number of hydrogen-bond donors (Lipinski definition) is 2. The Hall–Kier alpha value is -0.160. The smallest absolute Gasteiger partial charge is 0.0762 e. The van der Waals surface area contributed by atoms with Crippen LogP contribution in [0.1, 0.15) is 6.42 Å². The minimum atomic E-state index is 0.315. The number of nitrogens with zero attached hydrogens (tertiary/aromatic N) is 2. The number of nitrogens with one attached hydrogen (secondary N) is 1. The van der Waals surface area contributed by atoms with E-state index < -0.39 is 0 Å². The molecule has 2 unspecified atom stereocenters. The highest BCUT2D eigenvalue weighted by atomic mass is 15.4. The molecule has 0 bridgehead atoms. The summed E-state index contributed by atoms with van der Waals surface area (Å²) in [5.74, 6) is 6.15. The molecular formula is C8H20N4. The first-order valence-corrected chi connectivity index (χ1v) is 4.46. The van der Waals surface area contributed by atoms with Crippen molar-refractivity contribution in [2.24, 2.45) is 11.8 Å². The van der Waals surface area contributed by atoms with Gasteiger partial charge in [-0.25, -0.2) is 5.43 Å². The lowest BCUT2D eigenvalue weighted by Gasteiger charge is -2.28. The van der Waals surface area contributed by atoms with Gasteiger partial charge in [0.15, 0.2) is 0 Å². The minimum absolute atomic E-state index is 0.315. The summed E-state index contributed by atoms with van der Waals surface area (Å²) in [5.41, 5.74) is 2.86. The van der Waals surface area contributed by atoms with Gasteiger partial charge in [0.1, 0.15) is 0 Å². The van der Waals surface area contributed by atoms with Gasteiger partial charge >= 0.3 is 0 Å². The molecule has 0 radical (unpaired) electrons. The molecule has 0 aromatic rings. The van der Waals surface area contributed by atoms with Crippen LogP contribution in [0.2, 0.25) is 0 Å². The molecule has 4 nitrogen and oxygen atoms in total. The lowest BCUT2D eigenvalue weighted by Crippen LogP contribution is -2.50. The molecule has 0 aromatic carbocycles. The van der Waals surface area contributed by atoms with E-state index in [0.717, 1.165) is 6.54 Å². The zero-order chi connectivity index (χ0) is 9.14. The summed E-state index contributed by atoms with van der Waals surface area (Å²) < 4.78 is 0. The highest BCUT2D eigenvalue weighted by Crippen LogP contribution is 2.18. The molecule has 0 spiro atoms. The summed E-state index contributed by atoms with van der Waals surface area (Å²) in [4.78, 5) is 4.49. The van der Waals surface area contributed by atoms with E-state index in [-0.39, 0.29) is 0 Å². The van der Waals surface area contributed by atoms with Gasteiger partial charge in [0.2, 0.25) is 0 Å². The van der Waals surface area contributed by atoms with Crippen LogP contribution in [-0.2, 0) is 0 Å². The Kier molecular flexibility index (Phi) is 3.46. The van der Waals surface area contributed by atoms with E-state index in [4.69, 9.17) is 5.84 Å². The van der Waals surface area contributed by atoms with Crippen molar-refractivity contribution in [2.75, 3.05) is 34.2 Å². The summed E-state index contributed by atoms with van der Waals surface area (Å²) in [6.07, 6.45) is 1.55. The molecule has 12 heavy (non-hydrogen) atoms. The molecule has 0 aromatic heterocycles. The zero-order valence-electron chi connectivity index (χ0n) is 8.25. The van der Waals surface area contributed by atoms with Crippen molar-refractivity contribution in [1.82, 2.24) is 15.2 Å². The Labute approximate surface area is 74.7 Å². The van der Waals surface area contributed by atoms with Crippen molar-refractivity contribution in [3.8, 4) is 0 Å². The fourth-order valence-electron chi connectivity index (χ4n) is 1.93. The summed E-state index contributed by atoms with van der Waals surface area (Å²) in [6.45, 7) is 2.34. The molecule has 1 aliphatic rings. The Morgan fingerprint density at radius 2 is 2.25 bits per heavy atom. The number of likely N-dealkylation sites (tertiary alicyclic amines) is 1. The Morgan fingerprint density at radius 3 is 2.58 bits per heavy atom. The largest absolute Gasteiger partial charge is 0.306 e. The van der Waals surface area contributed by atoms with Crippen LogP contribution < -0.4 is 11.3 Å². The van der Waals surface area contributed by atoms with E-state index in [2.05, 4.69) is 36.4 Å². The molecule has 0 saturated carbocycles. The van der Waals surface area contributed by atoms with Crippen LogP contribution in [0, 0.1) is 5.92 Å². The summed E-state index contributed by atoms with van der Waals surface area (Å²) >= 11 is 0. The van der Waals surface area contributed by atoms with Crippen LogP contribution in [0.15, 0.2) is 0 Å². The molecule has 1 saturated heterocycles. The second kappa shape index (κ2) is 4.18. The molecular weight excluding hydrogens is 152 g/mol. The van der Waals surface area contributed by atoms with Crippen LogP contribution >= 0.6 is 0 Å². The maximum Gasteiger partial charge on any atom is 0.0762 e. The molecule has 1 heterocycles. The SMILES string of the molecule is CN1CCC(C(NN)N(C)C)C1. The van der Waals surface area contributed by atoms with Gasteiger partial charge in [0, 0.05) is 12.5 Å². The Bertz CT molecular complexity index is 137. The van der Waals surface area contributed by atoms with Gasteiger partial charge in [0.05, 0.1) is 6.17 Å². The third-order valence-corrected chi connectivity index (χ3v) is 2.60. The molecule has 2 atom stereocenters. The molecule has 4 heteroatoms. The van der Waals surface area contributed by atoms with E-state index in [0.29, 0.717) is 12.1 Å². The molecule has 72 valence electrons. The van der Waals surface area contributed by atoms with Crippen LogP contribution in [0.25, 0.3) is 0 Å². The molecule has 3 N–H and O–H groups in total. The molecule has 1 aliphatic heterocycles. The molecule has 0 aliphatic carbocycles. The Morgan fingerprint density at radius 1 is 1.58 bits per heavy atom. The van der Waals surface area contributed by atoms with Gasteiger partial charge in [-0.1, -0.05) is 0 Å². The van der Waals surface area contributed by atoms with Crippen LogP contribution in [0.4, 0.5) is 0 Å². The van der Waals surface area contributed by atoms with Crippen molar-refractivity contribution >= 4 is 0 Å². The van der Waals surface area contributed by atoms with Gasteiger partial charge < -0.3 is 4.90 Å². The normalized spacial score (nSPS) is 28.2. The first-order valence-electron chi connectivity index (χ1n) is 4.46. The average Bonchev–Trinajstić information content (AvgIpc) is 2.37. The van der Waals surface area contributed by atoms with Crippen molar-refractivity contribution in [1.29, 1.82) is 0 Å². The van der Waals surface area contributed by atoms with E-state index in [1.807, 2.05) is 0 Å². The first kappa shape index (κ1) is 9.92. The van der Waals surface area contributed by atoms with Crippen molar-refractivity contribution < 1.29 is 0 Å². The van der Waals surface area contributed by atoms with E-state index >= 15 is 0 Å². The van der Waals surface area contributed by atoms with Crippen molar-refractivity contribution in [2.45, 2.75) is 12.6 Å². The topological polar surface area (TPSA) is 44.5 Å². The van der Waals surface area contributed by atoms with Gasteiger partial charge in [-0.3, -0.25) is 10.7 Å². The fraction of sp³-hybridized carbons (Fsp3) is 1.00. The number of hydrazine groups is 1. The van der Waals surface area contributed by atoms with Gasteiger partial charge in [0.25, 0.3) is 0 Å². The standard InChI is InChI=1S/C8H20N4/c1-11(2)8(10-9)7-4-5-12(3)6-7/h7-8,10H,4-6,9H2,1-3H3. The van der Waals surface area contributed by atoms with Gasteiger partial charge in [-0.2, -0.15) is 0 Å². The van der Waals surface area contributed by atoms with Crippen LogP contribution in [0.3, 0.4) is 0 Å². The number of rotatable bonds is 3. The van der Waals surface area contributed by atoms with Gasteiger partial charge in [-0.15, -0.1) is 0 Å². The monoisotopic (exact) mass is 172 g/mol. The highest BCUT2D eigenvalue weighted by Gasteiger charge is 2.27. The number of hydrogen-bond acceptors (Lipinski definition) is 4. The van der Waals surface area contributed by atoms with Crippen LogP contribution in [0.5, 0.6) is 0 Å². The van der Waals surface area contributed by atoms with E-state index in [1.165, 1.54) is 13.0 Å². The molecule has 0 amide bonds. The second-order valence-electron chi connectivity index (χ2n) is 3.89. The zero-order valence-corrected chi connectivity index (χ0v) is 8.25. The van der Waals surface area contributed by atoms with E-state index in [9.17, 15) is 0 Å². The van der Waals surface area contributed by atoms with Gasteiger partial charge in [-0.05, 0) is 34.1 Å². The van der Waals surface area contributed by atoms with Crippen molar-refractivity contribution in [3.63, 3.8) is 0 Å². The maximum absolute atomic E-state index is 5.49. The lowest BCUT2D eigenvalue weighted by molar-refractivity contribution is 0.173. The predicted molar refractivity (Wildman–Crippen MR) is 50.4 cm³/mol. The fourth-order valence-corrected chi connectivity index (χ4v) is 1.93. The third-order valence-electron chi connectivity index (χ3n) is 2.60.